The highest BCUT2D eigenvalue weighted by molar-refractivity contribution is 8.33. The smallest absolute Gasteiger partial charge is 0.234 e. The van der Waals surface area contributed by atoms with Gasteiger partial charge in [-0.3, -0.25) is 0 Å². The third-order valence-electron chi connectivity index (χ3n) is 4.31. The molecule has 0 fully saturated rings. The Kier molecular flexibility index (Phi) is 6.93. The predicted molar refractivity (Wildman–Crippen MR) is 119 cm³/mol. The van der Waals surface area contributed by atoms with Gasteiger partial charge in [0, 0.05) is 23.3 Å². The molecule has 0 bridgehead atoms. The summed E-state index contributed by atoms with van der Waals surface area (Å²) in [6.07, 6.45) is 0. The van der Waals surface area contributed by atoms with Gasteiger partial charge in [0.15, 0.2) is 0 Å². The molecular weight excluding hydrogens is 416 g/mol. The summed E-state index contributed by atoms with van der Waals surface area (Å²) in [5, 5.41) is 40.3. The van der Waals surface area contributed by atoms with Gasteiger partial charge in [-0.15, -0.1) is 0 Å². The van der Waals surface area contributed by atoms with Crippen LogP contribution in [0.4, 0.5) is 0 Å². The van der Waals surface area contributed by atoms with Crippen LogP contribution in [0.2, 0.25) is 0 Å². The summed E-state index contributed by atoms with van der Waals surface area (Å²) in [5.41, 5.74) is 1.37. The minimum atomic E-state index is -2.01. The molecule has 0 heterocycles. The monoisotopic (exact) mass is 438 g/mol. The third kappa shape index (κ3) is 4.41. The van der Waals surface area contributed by atoms with Gasteiger partial charge in [0.1, 0.15) is 23.0 Å². The Hall–Kier alpha value is -1.87. The summed E-state index contributed by atoms with van der Waals surface area (Å²) in [6, 6.07) is 5.31. The first kappa shape index (κ1) is 22.4. The van der Waals surface area contributed by atoms with Gasteiger partial charge in [-0.25, -0.2) is 0 Å². The predicted octanol–water partition coefficient (Wildman–Crippen LogP) is 4.56. The minimum Gasteiger partial charge on any atom is -0.605 e. The highest BCUT2D eigenvalue weighted by Crippen LogP contribution is 2.36. The molecule has 0 aromatic heterocycles. The zero-order chi connectivity index (χ0) is 21.3. The maximum absolute atomic E-state index is 13.0. The molecule has 2 aromatic rings. The summed E-state index contributed by atoms with van der Waals surface area (Å²) in [7, 11) is 0. The lowest BCUT2D eigenvalue weighted by molar-refractivity contribution is 0.442. The second-order valence-corrected chi connectivity index (χ2v) is 9.70. The molecule has 4 N–H and O–H groups in total. The van der Waals surface area contributed by atoms with Gasteiger partial charge in [0.25, 0.3) is 0 Å². The zero-order valence-electron chi connectivity index (χ0n) is 15.9. The van der Waals surface area contributed by atoms with Gasteiger partial charge in [0.05, 0.1) is 11.1 Å². The first-order valence-electron chi connectivity index (χ1n) is 8.57. The number of aromatic hydroxyl groups is 4. The van der Waals surface area contributed by atoms with Gasteiger partial charge in [0.2, 0.25) is 8.39 Å². The van der Waals surface area contributed by atoms with E-state index in [0.717, 1.165) is 12.1 Å². The van der Waals surface area contributed by atoms with Crippen molar-refractivity contribution < 1.29 is 25.0 Å². The van der Waals surface area contributed by atoms with Gasteiger partial charge in [-0.1, -0.05) is 27.7 Å². The van der Waals surface area contributed by atoms with E-state index < -0.39 is 11.2 Å². The third-order valence-corrected chi connectivity index (χ3v) is 6.77. The van der Waals surface area contributed by atoms with E-state index in [1.54, 1.807) is 0 Å². The molecular formula is C20H22O5S3. The van der Waals surface area contributed by atoms with Crippen molar-refractivity contribution in [1.29, 1.82) is 0 Å². The van der Waals surface area contributed by atoms with Gasteiger partial charge in [-0.2, -0.15) is 0 Å². The Bertz CT molecular complexity index is 862. The molecule has 0 spiro atoms. The lowest BCUT2D eigenvalue weighted by atomic mass is 9.99. The summed E-state index contributed by atoms with van der Waals surface area (Å²) in [6.45, 7) is 7.45. The summed E-state index contributed by atoms with van der Waals surface area (Å²) >= 11 is 8.57. The second-order valence-electron chi connectivity index (χ2n) is 7.01. The number of rotatable bonds is 4. The van der Waals surface area contributed by atoms with Crippen LogP contribution in [0.5, 0.6) is 23.0 Å². The van der Waals surface area contributed by atoms with Crippen LogP contribution < -0.4 is 0 Å². The van der Waals surface area contributed by atoms with E-state index >= 15 is 0 Å². The molecule has 28 heavy (non-hydrogen) atoms. The molecule has 0 radical (unpaired) electrons. The van der Waals surface area contributed by atoms with Gasteiger partial charge in [-0.05, 0) is 59.5 Å². The first-order valence-corrected chi connectivity index (χ1v) is 10.5. The average molecular weight is 439 g/mol. The van der Waals surface area contributed by atoms with Crippen LogP contribution in [0.3, 0.4) is 0 Å². The van der Waals surface area contributed by atoms with Crippen LogP contribution in [0.1, 0.15) is 61.8 Å². The minimum absolute atomic E-state index is 0.0442. The van der Waals surface area contributed by atoms with Crippen molar-refractivity contribution in [2.45, 2.75) is 39.5 Å². The number of thiocarbonyl (C=S) groups is 2. The number of phenols is 4. The van der Waals surface area contributed by atoms with E-state index in [2.05, 4.69) is 0 Å². The number of hydrogen-bond donors (Lipinski definition) is 4. The van der Waals surface area contributed by atoms with Crippen LogP contribution in [-0.2, 0) is 11.2 Å². The summed E-state index contributed by atoms with van der Waals surface area (Å²) in [4.78, 5) is 0. The maximum atomic E-state index is 13.0. The molecule has 8 heteroatoms. The topological polar surface area (TPSA) is 104 Å². The summed E-state index contributed by atoms with van der Waals surface area (Å²) in [5.74, 6) is -0.855. The van der Waals surface area contributed by atoms with Crippen molar-refractivity contribution in [2.24, 2.45) is 0 Å². The van der Waals surface area contributed by atoms with Crippen LogP contribution in [0.15, 0.2) is 24.3 Å². The number of phenolic OH excluding ortho intramolecular Hbond substituents is 4. The van der Waals surface area contributed by atoms with Crippen molar-refractivity contribution >= 4 is 44.0 Å². The average Bonchev–Trinajstić information content (AvgIpc) is 2.59. The van der Waals surface area contributed by atoms with Crippen molar-refractivity contribution in [1.82, 2.24) is 0 Å². The molecule has 5 nitrogen and oxygen atoms in total. The summed E-state index contributed by atoms with van der Waals surface area (Å²) < 4.78 is 12.7. The van der Waals surface area contributed by atoms with E-state index in [9.17, 15) is 25.0 Å². The van der Waals surface area contributed by atoms with Crippen LogP contribution >= 0.6 is 24.4 Å². The van der Waals surface area contributed by atoms with E-state index in [-0.39, 0.29) is 54.4 Å². The highest BCUT2D eigenvalue weighted by atomic mass is 32.2. The highest BCUT2D eigenvalue weighted by Gasteiger charge is 2.30. The molecule has 0 aliphatic heterocycles. The normalized spacial score (nSPS) is 11.4. The lowest BCUT2D eigenvalue weighted by Crippen LogP contribution is -2.23. The molecule has 2 rings (SSSR count). The quantitative estimate of drug-likeness (QED) is 0.410. The van der Waals surface area contributed by atoms with Crippen molar-refractivity contribution in [3.05, 3.63) is 46.5 Å². The Balaban J connectivity index is 2.46. The fourth-order valence-electron chi connectivity index (χ4n) is 2.72. The van der Waals surface area contributed by atoms with Crippen molar-refractivity contribution in [3.63, 3.8) is 0 Å². The van der Waals surface area contributed by atoms with Gasteiger partial charge < -0.3 is 25.0 Å². The Morgan fingerprint density at radius 3 is 1.32 bits per heavy atom. The molecule has 0 aliphatic rings. The second kappa shape index (κ2) is 8.65. The fourth-order valence-corrected chi connectivity index (χ4v) is 4.60. The lowest BCUT2D eigenvalue weighted by Gasteiger charge is -2.17. The Labute approximate surface area is 177 Å². The SMILES string of the molecule is CC(C)c1cc(C(=S)[S+]([O-])C(=S)c2cc(C(C)C)c(O)cc2O)c(O)cc1O. The molecule has 0 unspecified atom stereocenters. The molecule has 0 saturated heterocycles. The molecule has 0 atom stereocenters. The van der Waals surface area contributed by atoms with Crippen molar-refractivity contribution in [3.8, 4) is 23.0 Å². The van der Waals surface area contributed by atoms with E-state index in [0.29, 0.717) is 11.1 Å². The molecule has 2 aromatic carbocycles. The first-order chi connectivity index (χ1) is 13.0. The van der Waals surface area contributed by atoms with Crippen LogP contribution in [-0.4, -0.2) is 33.4 Å². The maximum Gasteiger partial charge on any atom is 0.234 e. The molecule has 0 aliphatic carbocycles. The van der Waals surface area contributed by atoms with E-state index in [1.165, 1.54) is 12.1 Å². The number of hydrogen-bond acceptors (Lipinski definition) is 7. The fraction of sp³-hybridized carbons (Fsp3) is 0.300. The number of benzene rings is 2. The Morgan fingerprint density at radius 2 is 1.04 bits per heavy atom. The standard InChI is InChI=1S/C20H22O5S3/c1-9(2)11-5-13(17(23)7-15(11)21)19(26)28(25)20(27)14-6-12(10(3)4)16(22)8-18(14)24/h5-10,21-24H,1-4H3. The van der Waals surface area contributed by atoms with E-state index in [1.807, 2.05) is 27.7 Å². The van der Waals surface area contributed by atoms with Crippen LogP contribution in [0, 0.1) is 0 Å². The molecule has 0 amide bonds. The molecule has 150 valence electrons. The van der Waals surface area contributed by atoms with Crippen molar-refractivity contribution in [2.75, 3.05) is 0 Å². The van der Waals surface area contributed by atoms with E-state index in [4.69, 9.17) is 24.4 Å². The van der Waals surface area contributed by atoms with Gasteiger partial charge >= 0.3 is 0 Å². The largest absolute Gasteiger partial charge is 0.605 e. The molecule has 0 saturated carbocycles. The zero-order valence-corrected chi connectivity index (χ0v) is 18.3. The van der Waals surface area contributed by atoms with Crippen LogP contribution in [0.25, 0.3) is 0 Å². The Morgan fingerprint density at radius 1 is 0.714 bits per heavy atom.